The maximum Gasteiger partial charge on any atom is 0.150 e. The van der Waals surface area contributed by atoms with Gasteiger partial charge in [0.2, 0.25) is 0 Å². The Morgan fingerprint density at radius 3 is 2.54 bits per heavy atom. The molecule has 1 aliphatic carbocycles. The van der Waals surface area contributed by atoms with E-state index in [1.54, 1.807) is 6.20 Å². The average molecular weight is 393 g/mol. The third-order valence-electron chi connectivity index (χ3n) is 5.68. The van der Waals surface area contributed by atoms with Gasteiger partial charge in [-0.25, -0.2) is 9.97 Å². The Morgan fingerprint density at radius 2 is 1.83 bits per heavy atom. The molecular weight excluding hydrogens is 368 g/mol. The summed E-state index contributed by atoms with van der Waals surface area (Å²) in [4.78, 5) is 14.1. The molecule has 3 heterocycles. The highest BCUT2D eigenvalue weighted by atomic mass is 79.9. The number of piperazine rings is 1. The fourth-order valence-corrected chi connectivity index (χ4v) is 4.79. The van der Waals surface area contributed by atoms with Crippen LogP contribution in [0.2, 0.25) is 0 Å². The van der Waals surface area contributed by atoms with Crippen molar-refractivity contribution in [3.8, 4) is 0 Å². The lowest BCUT2D eigenvalue weighted by Crippen LogP contribution is -2.49. The zero-order valence-electron chi connectivity index (χ0n) is 14.2. The number of fused-ring (bicyclic) bond motifs is 1. The van der Waals surface area contributed by atoms with Crippen molar-refractivity contribution in [3.63, 3.8) is 0 Å². The van der Waals surface area contributed by atoms with Gasteiger partial charge < -0.3 is 10.6 Å². The Morgan fingerprint density at radius 1 is 1.12 bits per heavy atom. The Labute approximate surface area is 151 Å². The highest BCUT2D eigenvalue weighted by Crippen LogP contribution is 2.36. The first-order valence-electron chi connectivity index (χ1n) is 8.84. The van der Waals surface area contributed by atoms with Gasteiger partial charge in [-0.05, 0) is 48.7 Å². The number of likely N-dealkylation sites (N-methyl/N-ethyl adjacent to an activating group) is 1. The summed E-state index contributed by atoms with van der Waals surface area (Å²) in [5.74, 6) is 2.17. The van der Waals surface area contributed by atoms with Crippen molar-refractivity contribution in [1.29, 1.82) is 0 Å². The summed E-state index contributed by atoms with van der Waals surface area (Å²) in [6.45, 7) is 4.83. The van der Waals surface area contributed by atoms with E-state index in [-0.39, 0.29) is 0 Å². The van der Waals surface area contributed by atoms with Crippen molar-refractivity contribution in [2.75, 3.05) is 39.0 Å². The topological polar surface area (TPSA) is 62.7 Å². The summed E-state index contributed by atoms with van der Waals surface area (Å²) < 4.78 is 2.93. The number of halogens is 1. The van der Waals surface area contributed by atoms with E-state index in [1.807, 2.05) is 6.20 Å². The number of nitrogens with zero attached hydrogens (tertiary/aromatic N) is 5. The van der Waals surface area contributed by atoms with Gasteiger partial charge in [-0.2, -0.15) is 0 Å². The fraction of sp³-hybridized carbons (Fsp3) is 0.647. The van der Waals surface area contributed by atoms with Crippen LogP contribution in [0.4, 0.5) is 5.82 Å². The third kappa shape index (κ3) is 2.93. The predicted octanol–water partition coefficient (Wildman–Crippen LogP) is 2.35. The van der Waals surface area contributed by atoms with Gasteiger partial charge in [0, 0.05) is 50.5 Å². The number of hydrogen-bond donors (Lipinski definition) is 1. The van der Waals surface area contributed by atoms with Crippen LogP contribution in [0.25, 0.3) is 5.52 Å². The lowest BCUT2D eigenvalue weighted by molar-refractivity contribution is 0.0872. The van der Waals surface area contributed by atoms with Gasteiger partial charge in [0.1, 0.15) is 15.9 Å². The first-order valence-corrected chi connectivity index (χ1v) is 9.63. The van der Waals surface area contributed by atoms with Gasteiger partial charge in [-0.3, -0.25) is 9.30 Å². The molecule has 1 saturated heterocycles. The number of anilines is 1. The molecule has 0 spiro atoms. The molecule has 7 heteroatoms. The molecule has 1 aliphatic heterocycles. The number of nitrogens with two attached hydrogens (primary N) is 1. The first kappa shape index (κ1) is 16.3. The van der Waals surface area contributed by atoms with Crippen LogP contribution in [-0.2, 0) is 0 Å². The number of aromatic nitrogens is 3. The minimum absolute atomic E-state index is 0.509. The smallest absolute Gasteiger partial charge is 0.150 e. The predicted molar refractivity (Wildman–Crippen MR) is 99.2 cm³/mol. The molecule has 0 bridgehead atoms. The molecule has 24 heavy (non-hydrogen) atoms. The van der Waals surface area contributed by atoms with Gasteiger partial charge in [-0.1, -0.05) is 0 Å². The molecule has 4 rings (SSSR count). The fourth-order valence-electron chi connectivity index (χ4n) is 4.22. The zero-order chi connectivity index (χ0) is 16.7. The molecule has 2 aliphatic rings. The Kier molecular flexibility index (Phi) is 4.49. The highest BCUT2D eigenvalue weighted by Gasteiger charge is 2.30. The highest BCUT2D eigenvalue weighted by molar-refractivity contribution is 9.10. The van der Waals surface area contributed by atoms with Crippen molar-refractivity contribution in [2.45, 2.75) is 37.6 Å². The summed E-state index contributed by atoms with van der Waals surface area (Å²) in [6, 6.07) is 0.747. The Hall–Kier alpha value is -1.18. The van der Waals surface area contributed by atoms with Gasteiger partial charge >= 0.3 is 0 Å². The molecule has 0 atom stereocenters. The molecule has 2 aromatic heterocycles. The van der Waals surface area contributed by atoms with Crippen LogP contribution in [-0.4, -0.2) is 63.4 Å². The van der Waals surface area contributed by atoms with E-state index in [9.17, 15) is 0 Å². The molecule has 2 fully saturated rings. The first-order chi connectivity index (χ1) is 11.6. The molecule has 0 aromatic carbocycles. The van der Waals surface area contributed by atoms with Crippen LogP contribution in [0.5, 0.6) is 0 Å². The SMILES string of the molecule is CN1CCN([C@H]2CC[C@@H](c3nc(Br)c4c(N)nccn43)CC2)CC1. The molecular formula is C17H25BrN6. The minimum atomic E-state index is 0.509. The standard InChI is InChI=1S/C17H25BrN6/c1-22-8-10-23(11-9-22)13-4-2-12(3-5-13)17-21-15(18)14-16(19)20-6-7-24(14)17/h6-7,12-13H,2-5,8-11H2,1H3,(H2,19,20)/t12-,13+. The lowest BCUT2D eigenvalue weighted by Gasteiger charge is -2.41. The van der Waals surface area contributed by atoms with E-state index in [0.29, 0.717) is 11.7 Å². The molecule has 2 aromatic rings. The van der Waals surface area contributed by atoms with E-state index in [0.717, 1.165) is 22.0 Å². The van der Waals surface area contributed by atoms with Crippen molar-refractivity contribution in [1.82, 2.24) is 24.2 Å². The third-order valence-corrected chi connectivity index (χ3v) is 6.24. The molecule has 6 nitrogen and oxygen atoms in total. The van der Waals surface area contributed by atoms with Gasteiger partial charge in [0.15, 0.2) is 5.82 Å². The number of hydrogen-bond acceptors (Lipinski definition) is 5. The Bertz CT molecular complexity index is 713. The second-order valence-electron chi connectivity index (χ2n) is 7.14. The van der Waals surface area contributed by atoms with E-state index >= 15 is 0 Å². The maximum absolute atomic E-state index is 6.02. The molecule has 0 amide bonds. The van der Waals surface area contributed by atoms with Gasteiger partial charge in [0.05, 0.1) is 0 Å². The number of nitrogen functional groups attached to an aromatic ring is 1. The molecule has 2 N–H and O–H groups in total. The zero-order valence-corrected chi connectivity index (χ0v) is 15.7. The monoisotopic (exact) mass is 392 g/mol. The second kappa shape index (κ2) is 6.61. The van der Waals surface area contributed by atoms with Gasteiger partial charge in [-0.15, -0.1) is 0 Å². The average Bonchev–Trinajstić information content (AvgIpc) is 2.94. The van der Waals surface area contributed by atoms with Crippen molar-refractivity contribution in [2.24, 2.45) is 0 Å². The lowest BCUT2D eigenvalue weighted by atomic mass is 9.84. The number of imidazole rings is 1. The molecule has 0 unspecified atom stereocenters. The van der Waals surface area contributed by atoms with E-state index < -0.39 is 0 Å². The van der Waals surface area contributed by atoms with E-state index in [4.69, 9.17) is 10.7 Å². The van der Waals surface area contributed by atoms with Crippen LogP contribution in [0, 0.1) is 0 Å². The van der Waals surface area contributed by atoms with Crippen LogP contribution in [0.3, 0.4) is 0 Å². The summed E-state index contributed by atoms with van der Waals surface area (Å²) in [6.07, 6.45) is 8.67. The minimum Gasteiger partial charge on any atom is -0.382 e. The summed E-state index contributed by atoms with van der Waals surface area (Å²) in [5.41, 5.74) is 6.92. The summed E-state index contributed by atoms with van der Waals surface area (Å²) >= 11 is 3.55. The van der Waals surface area contributed by atoms with Crippen molar-refractivity contribution >= 4 is 27.3 Å². The van der Waals surface area contributed by atoms with Crippen LogP contribution in [0.1, 0.15) is 37.4 Å². The van der Waals surface area contributed by atoms with Crippen LogP contribution >= 0.6 is 15.9 Å². The maximum atomic E-state index is 6.02. The Balaban J connectivity index is 1.47. The number of rotatable bonds is 2. The molecule has 130 valence electrons. The van der Waals surface area contributed by atoms with Gasteiger partial charge in [0.25, 0.3) is 0 Å². The van der Waals surface area contributed by atoms with E-state index in [1.165, 1.54) is 51.9 Å². The quantitative estimate of drug-likeness (QED) is 0.849. The molecule has 1 saturated carbocycles. The largest absolute Gasteiger partial charge is 0.382 e. The molecule has 0 radical (unpaired) electrons. The van der Waals surface area contributed by atoms with Crippen LogP contribution in [0.15, 0.2) is 17.0 Å². The summed E-state index contributed by atoms with van der Waals surface area (Å²) in [7, 11) is 2.22. The van der Waals surface area contributed by atoms with Crippen molar-refractivity contribution < 1.29 is 0 Å². The van der Waals surface area contributed by atoms with E-state index in [2.05, 4.69) is 42.2 Å². The second-order valence-corrected chi connectivity index (χ2v) is 7.89. The van der Waals surface area contributed by atoms with Crippen LogP contribution < -0.4 is 5.73 Å². The summed E-state index contributed by atoms with van der Waals surface area (Å²) in [5, 5.41) is 0. The normalized spacial score (nSPS) is 26.9. The van der Waals surface area contributed by atoms with Crippen molar-refractivity contribution in [3.05, 3.63) is 22.8 Å².